The number of carbonyl (C=O) groups excluding carboxylic acids is 1. The normalized spacial score (nSPS) is 10.0. The van der Waals surface area contributed by atoms with Crippen LogP contribution in [0.15, 0.2) is 18.2 Å². The summed E-state index contributed by atoms with van der Waals surface area (Å²) in [5.41, 5.74) is 6.84. The quantitative estimate of drug-likeness (QED) is 0.684. The van der Waals surface area contributed by atoms with E-state index in [0.717, 1.165) is 0 Å². The molecule has 0 atom stereocenters. The maximum absolute atomic E-state index is 11.4. The van der Waals surface area contributed by atoms with Crippen molar-refractivity contribution in [1.82, 2.24) is 5.32 Å². The minimum absolute atomic E-state index is 0.0931. The van der Waals surface area contributed by atoms with Crippen molar-refractivity contribution in [1.29, 1.82) is 0 Å². The number of anilines is 2. The molecule has 0 aromatic heterocycles. The fourth-order valence-corrected chi connectivity index (χ4v) is 1.24. The molecule has 0 spiro atoms. The highest BCUT2D eigenvalue weighted by atomic mass is 16.5. The van der Waals surface area contributed by atoms with E-state index in [0.29, 0.717) is 17.1 Å². The van der Waals surface area contributed by atoms with Crippen LogP contribution < -0.4 is 21.1 Å². The largest absolute Gasteiger partial charge is 0.495 e. The van der Waals surface area contributed by atoms with Crippen molar-refractivity contribution in [2.24, 2.45) is 0 Å². The lowest BCUT2D eigenvalue weighted by atomic mass is 10.2. The number of methoxy groups -OCH3 is 1. The first-order valence-corrected chi connectivity index (χ1v) is 5.04. The molecule has 5 nitrogen and oxygen atoms in total. The SMILES string of the molecule is COc1ccc(NC(=O)NC(C)C)cc1N. The van der Waals surface area contributed by atoms with Crippen LogP contribution in [0.5, 0.6) is 5.75 Å². The monoisotopic (exact) mass is 223 g/mol. The molecule has 1 aromatic rings. The van der Waals surface area contributed by atoms with Gasteiger partial charge in [-0.2, -0.15) is 0 Å². The van der Waals surface area contributed by atoms with Crippen LogP contribution in [0.3, 0.4) is 0 Å². The number of urea groups is 1. The van der Waals surface area contributed by atoms with Gasteiger partial charge in [0.2, 0.25) is 0 Å². The average Bonchev–Trinajstić information content (AvgIpc) is 2.16. The van der Waals surface area contributed by atoms with Gasteiger partial charge in [0.05, 0.1) is 12.8 Å². The summed E-state index contributed by atoms with van der Waals surface area (Å²) in [7, 11) is 1.55. The number of nitrogens with two attached hydrogens (primary N) is 1. The summed E-state index contributed by atoms with van der Waals surface area (Å²) < 4.78 is 5.02. The van der Waals surface area contributed by atoms with Gasteiger partial charge in [0.25, 0.3) is 0 Å². The molecule has 0 fully saturated rings. The molecule has 0 unspecified atom stereocenters. The number of rotatable bonds is 3. The number of nitrogen functional groups attached to an aromatic ring is 1. The van der Waals surface area contributed by atoms with E-state index < -0.39 is 0 Å². The lowest BCUT2D eigenvalue weighted by Crippen LogP contribution is -2.34. The molecule has 2 amide bonds. The summed E-state index contributed by atoms with van der Waals surface area (Å²) in [4.78, 5) is 11.4. The Labute approximate surface area is 95.0 Å². The van der Waals surface area contributed by atoms with Gasteiger partial charge in [-0.25, -0.2) is 4.79 Å². The molecule has 88 valence electrons. The van der Waals surface area contributed by atoms with Gasteiger partial charge in [0.15, 0.2) is 0 Å². The summed E-state index contributed by atoms with van der Waals surface area (Å²) in [6.07, 6.45) is 0. The van der Waals surface area contributed by atoms with Crippen molar-refractivity contribution < 1.29 is 9.53 Å². The minimum atomic E-state index is -0.250. The highest BCUT2D eigenvalue weighted by molar-refractivity contribution is 5.90. The molecule has 0 saturated heterocycles. The predicted molar refractivity (Wildman–Crippen MR) is 64.7 cm³/mol. The number of benzene rings is 1. The third-order valence-electron chi connectivity index (χ3n) is 1.91. The highest BCUT2D eigenvalue weighted by Gasteiger charge is 2.05. The number of amides is 2. The highest BCUT2D eigenvalue weighted by Crippen LogP contribution is 2.24. The Morgan fingerprint density at radius 3 is 2.62 bits per heavy atom. The van der Waals surface area contributed by atoms with E-state index in [1.807, 2.05) is 13.8 Å². The molecular weight excluding hydrogens is 206 g/mol. The third-order valence-corrected chi connectivity index (χ3v) is 1.91. The van der Waals surface area contributed by atoms with Gasteiger partial charge in [-0.15, -0.1) is 0 Å². The van der Waals surface area contributed by atoms with E-state index in [4.69, 9.17) is 10.5 Å². The Hall–Kier alpha value is -1.91. The van der Waals surface area contributed by atoms with Gasteiger partial charge in [0, 0.05) is 11.7 Å². The molecular formula is C11H17N3O2. The second kappa shape index (κ2) is 5.25. The topological polar surface area (TPSA) is 76.4 Å². The van der Waals surface area contributed by atoms with Crippen LogP contribution in [-0.4, -0.2) is 19.2 Å². The molecule has 0 bridgehead atoms. The summed E-state index contributed by atoms with van der Waals surface area (Å²) in [5, 5.41) is 5.40. The van der Waals surface area contributed by atoms with Crippen LogP contribution in [0.2, 0.25) is 0 Å². The van der Waals surface area contributed by atoms with Gasteiger partial charge in [0.1, 0.15) is 5.75 Å². The maximum atomic E-state index is 11.4. The molecule has 0 radical (unpaired) electrons. The Balaban J connectivity index is 2.68. The third kappa shape index (κ3) is 3.34. The zero-order chi connectivity index (χ0) is 12.1. The Morgan fingerprint density at radius 1 is 1.44 bits per heavy atom. The smallest absolute Gasteiger partial charge is 0.319 e. The van der Waals surface area contributed by atoms with Gasteiger partial charge in [-0.1, -0.05) is 0 Å². The molecule has 1 rings (SSSR count). The minimum Gasteiger partial charge on any atom is -0.495 e. The summed E-state index contributed by atoms with van der Waals surface area (Å²) in [5.74, 6) is 0.592. The summed E-state index contributed by atoms with van der Waals surface area (Å²) in [6.45, 7) is 3.78. The number of ether oxygens (including phenoxy) is 1. The van der Waals surface area contributed by atoms with E-state index in [1.165, 1.54) is 0 Å². The first kappa shape index (κ1) is 12.2. The van der Waals surface area contributed by atoms with Crippen molar-refractivity contribution in [3.05, 3.63) is 18.2 Å². The molecule has 1 aromatic carbocycles. The van der Waals surface area contributed by atoms with Crippen LogP contribution in [-0.2, 0) is 0 Å². The zero-order valence-corrected chi connectivity index (χ0v) is 9.70. The predicted octanol–water partition coefficient (Wildman–Crippen LogP) is 1.81. The van der Waals surface area contributed by atoms with Crippen LogP contribution in [0.25, 0.3) is 0 Å². The van der Waals surface area contributed by atoms with E-state index >= 15 is 0 Å². The second-order valence-corrected chi connectivity index (χ2v) is 3.71. The fraction of sp³-hybridized carbons (Fsp3) is 0.364. The van der Waals surface area contributed by atoms with Crippen molar-refractivity contribution in [2.45, 2.75) is 19.9 Å². The number of hydrogen-bond donors (Lipinski definition) is 3. The van der Waals surface area contributed by atoms with Gasteiger partial charge >= 0.3 is 6.03 Å². The lowest BCUT2D eigenvalue weighted by molar-refractivity contribution is 0.250. The molecule has 16 heavy (non-hydrogen) atoms. The van der Waals surface area contributed by atoms with E-state index in [-0.39, 0.29) is 12.1 Å². The second-order valence-electron chi connectivity index (χ2n) is 3.71. The number of hydrogen-bond acceptors (Lipinski definition) is 3. The maximum Gasteiger partial charge on any atom is 0.319 e. The van der Waals surface area contributed by atoms with Crippen LogP contribution >= 0.6 is 0 Å². The molecule has 0 heterocycles. The molecule has 5 heteroatoms. The van der Waals surface area contributed by atoms with Gasteiger partial charge < -0.3 is 21.1 Å². The van der Waals surface area contributed by atoms with Gasteiger partial charge in [-0.05, 0) is 32.0 Å². The standard InChI is InChI=1S/C11H17N3O2/c1-7(2)13-11(15)14-8-4-5-10(16-3)9(12)6-8/h4-7H,12H2,1-3H3,(H2,13,14,15). The molecule has 4 N–H and O–H groups in total. The molecule has 0 saturated carbocycles. The van der Waals surface area contributed by atoms with Gasteiger partial charge in [-0.3, -0.25) is 0 Å². The Morgan fingerprint density at radius 2 is 2.12 bits per heavy atom. The Bertz CT molecular complexity index is 377. The summed E-state index contributed by atoms with van der Waals surface area (Å²) in [6, 6.07) is 4.93. The van der Waals surface area contributed by atoms with Crippen molar-refractivity contribution in [3.8, 4) is 5.75 Å². The molecule has 0 aliphatic rings. The van der Waals surface area contributed by atoms with E-state index in [2.05, 4.69) is 10.6 Å². The zero-order valence-electron chi connectivity index (χ0n) is 9.70. The van der Waals surface area contributed by atoms with Crippen molar-refractivity contribution >= 4 is 17.4 Å². The van der Waals surface area contributed by atoms with E-state index in [9.17, 15) is 4.79 Å². The average molecular weight is 223 g/mol. The van der Waals surface area contributed by atoms with Crippen LogP contribution in [0.4, 0.5) is 16.2 Å². The molecule has 0 aliphatic carbocycles. The first-order valence-electron chi connectivity index (χ1n) is 5.04. The number of carbonyl (C=O) groups is 1. The van der Waals surface area contributed by atoms with Crippen molar-refractivity contribution in [3.63, 3.8) is 0 Å². The summed E-state index contributed by atoms with van der Waals surface area (Å²) >= 11 is 0. The van der Waals surface area contributed by atoms with Crippen LogP contribution in [0.1, 0.15) is 13.8 Å². The van der Waals surface area contributed by atoms with E-state index in [1.54, 1.807) is 25.3 Å². The fourth-order valence-electron chi connectivity index (χ4n) is 1.24. The Kier molecular flexibility index (Phi) is 3.99. The van der Waals surface area contributed by atoms with Crippen molar-refractivity contribution in [2.75, 3.05) is 18.2 Å². The number of nitrogens with one attached hydrogen (secondary N) is 2. The lowest BCUT2D eigenvalue weighted by Gasteiger charge is -2.11. The van der Waals surface area contributed by atoms with Crippen LogP contribution in [0, 0.1) is 0 Å². The molecule has 0 aliphatic heterocycles. The first-order chi connectivity index (χ1) is 7.52.